The largest absolute Gasteiger partial charge is 0.369 e. The molecule has 12 heavy (non-hydrogen) atoms. The van der Waals surface area contributed by atoms with Crippen LogP contribution in [-0.4, -0.2) is 9.97 Å². The number of aryl methyl sites for hydroxylation is 1. The second-order valence-corrected chi connectivity index (χ2v) is 3.62. The van der Waals surface area contributed by atoms with E-state index in [9.17, 15) is 0 Å². The van der Waals surface area contributed by atoms with Gasteiger partial charge in [0, 0.05) is 4.47 Å². The van der Waals surface area contributed by atoms with Crippen LogP contribution in [0.1, 0.15) is 5.56 Å². The number of anilines is 1. The number of H-pyrrole nitrogens is 1. The van der Waals surface area contributed by atoms with Crippen molar-refractivity contribution < 1.29 is 0 Å². The molecule has 0 bridgehead atoms. The fraction of sp³-hybridized carbons (Fsp3) is 0.125. The van der Waals surface area contributed by atoms with Gasteiger partial charge in [-0.1, -0.05) is 0 Å². The Balaban J connectivity index is 2.88. The zero-order chi connectivity index (χ0) is 8.72. The molecule has 0 aliphatic carbocycles. The van der Waals surface area contributed by atoms with Crippen molar-refractivity contribution in [2.45, 2.75) is 6.92 Å². The van der Waals surface area contributed by atoms with Crippen molar-refractivity contribution in [1.29, 1.82) is 0 Å². The van der Waals surface area contributed by atoms with Gasteiger partial charge in [-0.15, -0.1) is 0 Å². The zero-order valence-corrected chi connectivity index (χ0v) is 8.14. The molecule has 1 heterocycles. The number of nitrogen functional groups attached to an aromatic ring is 1. The van der Waals surface area contributed by atoms with Gasteiger partial charge < -0.3 is 10.7 Å². The van der Waals surface area contributed by atoms with Crippen LogP contribution >= 0.6 is 15.9 Å². The van der Waals surface area contributed by atoms with Crippen LogP contribution in [0.3, 0.4) is 0 Å². The zero-order valence-electron chi connectivity index (χ0n) is 6.56. The Morgan fingerprint density at radius 3 is 3.00 bits per heavy atom. The third kappa shape index (κ3) is 1.08. The fourth-order valence-electron chi connectivity index (χ4n) is 1.23. The highest BCUT2D eigenvalue weighted by Crippen LogP contribution is 2.24. The molecule has 0 saturated carbocycles. The minimum atomic E-state index is 0.455. The van der Waals surface area contributed by atoms with Crippen LogP contribution in [0.5, 0.6) is 0 Å². The van der Waals surface area contributed by atoms with Crippen molar-refractivity contribution in [3.8, 4) is 0 Å². The van der Waals surface area contributed by atoms with Crippen LogP contribution in [0.4, 0.5) is 5.95 Å². The number of rotatable bonds is 0. The number of aromatic nitrogens is 2. The Morgan fingerprint density at radius 1 is 1.50 bits per heavy atom. The minimum Gasteiger partial charge on any atom is -0.369 e. The van der Waals surface area contributed by atoms with Crippen LogP contribution in [-0.2, 0) is 0 Å². The van der Waals surface area contributed by atoms with Crippen molar-refractivity contribution in [1.82, 2.24) is 9.97 Å². The first-order chi connectivity index (χ1) is 5.66. The number of hydrogen-bond acceptors (Lipinski definition) is 2. The van der Waals surface area contributed by atoms with E-state index in [1.807, 2.05) is 19.1 Å². The normalized spacial score (nSPS) is 10.8. The maximum Gasteiger partial charge on any atom is 0.198 e. The van der Waals surface area contributed by atoms with Crippen molar-refractivity contribution in [3.63, 3.8) is 0 Å². The number of nitrogens with one attached hydrogen (secondary N) is 1. The molecule has 4 heteroatoms. The number of imidazole rings is 1. The average molecular weight is 226 g/mol. The lowest BCUT2D eigenvalue weighted by Crippen LogP contribution is -1.84. The highest BCUT2D eigenvalue weighted by Gasteiger charge is 2.03. The lowest BCUT2D eigenvalue weighted by atomic mass is 10.2. The highest BCUT2D eigenvalue weighted by molar-refractivity contribution is 9.10. The molecule has 2 rings (SSSR count). The van der Waals surface area contributed by atoms with Gasteiger partial charge in [-0.2, -0.15) is 0 Å². The van der Waals surface area contributed by atoms with E-state index in [1.54, 1.807) is 0 Å². The summed E-state index contributed by atoms with van der Waals surface area (Å²) >= 11 is 3.42. The summed E-state index contributed by atoms with van der Waals surface area (Å²) in [5.41, 5.74) is 8.56. The fourth-order valence-corrected chi connectivity index (χ4v) is 1.89. The van der Waals surface area contributed by atoms with Gasteiger partial charge in [-0.3, -0.25) is 0 Å². The molecule has 0 aliphatic heterocycles. The lowest BCUT2D eigenvalue weighted by molar-refractivity contribution is 1.35. The van der Waals surface area contributed by atoms with E-state index in [1.165, 1.54) is 5.56 Å². The molecule has 2 aromatic rings. The van der Waals surface area contributed by atoms with Crippen LogP contribution in [0.15, 0.2) is 16.6 Å². The molecule has 0 spiro atoms. The van der Waals surface area contributed by atoms with Crippen LogP contribution < -0.4 is 5.73 Å². The topological polar surface area (TPSA) is 54.7 Å². The van der Waals surface area contributed by atoms with Crippen molar-refractivity contribution >= 4 is 32.9 Å². The van der Waals surface area contributed by atoms with E-state index in [0.717, 1.165) is 15.5 Å². The van der Waals surface area contributed by atoms with Crippen molar-refractivity contribution in [2.24, 2.45) is 0 Å². The molecule has 1 aromatic carbocycles. The maximum atomic E-state index is 5.52. The molecular formula is C8H8BrN3. The second-order valence-electron chi connectivity index (χ2n) is 2.76. The van der Waals surface area contributed by atoms with E-state index >= 15 is 0 Å². The number of halogens is 1. The summed E-state index contributed by atoms with van der Waals surface area (Å²) in [7, 11) is 0. The van der Waals surface area contributed by atoms with E-state index in [2.05, 4.69) is 25.9 Å². The first-order valence-corrected chi connectivity index (χ1v) is 4.37. The predicted octanol–water partition coefficient (Wildman–Crippen LogP) is 2.22. The first kappa shape index (κ1) is 7.61. The van der Waals surface area contributed by atoms with Crippen molar-refractivity contribution in [3.05, 3.63) is 22.2 Å². The molecule has 0 atom stereocenters. The Bertz CT molecular complexity index is 433. The molecule has 0 unspecified atom stereocenters. The van der Waals surface area contributed by atoms with Gasteiger partial charge in [-0.05, 0) is 40.5 Å². The number of fused-ring (bicyclic) bond motifs is 1. The van der Waals surface area contributed by atoms with Crippen LogP contribution in [0.25, 0.3) is 11.0 Å². The van der Waals surface area contributed by atoms with Gasteiger partial charge in [-0.25, -0.2) is 4.98 Å². The number of benzene rings is 1. The van der Waals surface area contributed by atoms with Crippen molar-refractivity contribution in [2.75, 3.05) is 5.73 Å². The standard InChI is InChI=1S/C8H8BrN3/c1-4-2-5(9)7-6(3-4)11-8(10)12-7/h2-3H,1H3,(H3,10,11,12). The molecular weight excluding hydrogens is 218 g/mol. The molecule has 1 aromatic heterocycles. The van der Waals surface area contributed by atoms with E-state index in [4.69, 9.17) is 5.73 Å². The number of hydrogen-bond donors (Lipinski definition) is 2. The number of aromatic amines is 1. The molecule has 0 radical (unpaired) electrons. The summed E-state index contributed by atoms with van der Waals surface area (Å²) in [5.74, 6) is 0.455. The smallest absolute Gasteiger partial charge is 0.198 e. The summed E-state index contributed by atoms with van der Waals surface area (Å²) in [6.45, 7) is 2.03. The first-order valence-electron chi connectivity index (χ1n) is 3.58. The monoisotopic (exact) mass is 225 g/mol. The van der Waals surface area contributed by atoms with Gasteiger partial charge in [0.15, 0.2) is 5.95 Å². The number of nitrogens with two attached hydrogens (primary N) is 1. The Labute approximate surface area is 78.1 Å². The molecule has 3 N–H and O–H groups in total. The summed E-state index contributed by atoms with van der Waals surface area (Å²) in [6.07, 6.45) is 0. The van der Waals surface area contributed by atoms with Gasteiger partial charge in [0.2, 0.25) is 0 Å². The Morgan fingerprint density at radius 2 is 2.25 bits per heavy atom. The van der Waals surface area contributed by atoms with Crippen LogP contribution in [0, 0.1) is 6.92 Å². The van der Waals surface area contributed by atoms with Gasteiger partial charge in [0.1, 0.15) is 5.52 Å². The third-order valence-electron chi connectivity index (χ3n) is 1.70. The maximum absolute atomic E-state index is 5.52. The summed E-state index contributed by atoms with van der Waals surface area (Å²) in [6, 6.07) is 4.03. The second kappa shape index (κ2) is 2.48. The van der Waals surface area contributed by atoms with Gasteiger partial charge in [0.25, 0.3) is 0 Å². The molecule has 0 saturated heterocycles. The average Bonchev–Trinajstić information content (AvgIpc) is 2.29. The van der Waals surface area contributed by atoms with Gasteiger partial charge in [0.05, 0.1) is 5.52 Å². The molecule has 3 nitrogen and oxygen atoms in total. The quantitative estimate of drug-likeness (QED) is 0.723. The van der Waals surface area contributed by atoms with E-state index < -0.39 is 0 Å². The summed E-state index contributed by atoms with van der Waals surface area (Å²) < 4.78 is 0.977. The highest BCUT2D eigenvalue weighted by atomic mass is 79.9. The number of nitrogens with zero attached hydrogens (tertiary/aromatic N) is 1. The lowest BCUT2D eigenvalue weighted by Gasteiger charge is -1.94. The molecule has 0 aliphatic rings. The molecule has 0 fully saturated rings. The van der Waals surface area contributed by atoms with Gasteiger partial charge >= 0.3 is 0 Å². The Kier molecular flexibility index (Phi) is 1.58. The molecule has 0 amide bonds. The van der Waals surface area contributed by atoms with E-state index in [-0.39, 0.29) is 0 Å². The Hall–Kier alpha value is -1.03. The third-order valence-corrected chi connectivity index (χ3v) is 2.31. The van der Waals surface area contributed by atoms with Crippen LogP contribution in [0.2, 0.25) is 0 Å². The summed E-state index contributed by atoms with van der Waals surface area (Å²) in [4.78, 5) is 7.11. The predicted molar refractivity (Wildman–Crippen MR) is 52.9 cm³/mol. The van der Waals surface area contributed by atoms with E-state index in [0.29, 0.717) is 5.95 Å². The SMILES string of the molecule is Cc1cc(Br)c2nc(N)[nH]c2c1. The summed E-state index contributed by atoms with van der Waals surface area (Å²) in [5, 5.41) is 0. The minimum absolute atomic E-state index is 0.455. The molecule has 62 valence electrons.